The Labute approximate surface area is 142 Å². The van der Waals surface area contributed by atoms with Crippen LogP contribution in [0, 0.1) is 0 Å². The van der Waals surface area contributed by atoms with E-state index in [9.17, 15) is 4.79 Å². The van der Waals surface area contributed by atoms with Gasteiger partial charge in [-0.25, -0.2) is 14.6 Å². The largest absolute Gasteiger partial charge is 0.305 e. The Bertz CT molecular complexity index is 993. The molecule has 122 valence electrons. The van der Waals surface area contributed by atoms with Gasteiger partial charge in [0.2, 0.25) is 0 Å². The van der Waals surface area contributed by atoms with Crippen LogP contribution in [0.25, 0.3) is 17.1 Å². The number of H-pyrrole nitrogens is 1. The minimum Gasteiger partial charge on any atom is -0.305 e. The van der Waals surface area contributed by atoms with E-state index in [2.05, 4.69) is 30.6 Å². The number of rotatable bonds is 4. The molecule has 0 bridgehead atoms. The van der Waals surface area contributed by atoms with Crippen LogP contribution in [0.5, 0.6) is 0 Å². The number of anilines is 1. The fourth-order valence-corrected chi connectivity index (χ4v) is 2.32. The van der Waals surface area contributed by atoms with Crippen LogP contribution in [-0.2, 0) is 0 Å². The number of amides is 1. The Morgan fingerprint density at radius 3 is 2.76 bits per heavy atom. The molecule has 0 saturated heterocycles. The Balaban J connectivity index is 1.53. The number of hydrogen-bond donors (Lipinski definition) is 2. The fraction of sp³-hybridized carbons (Fsp3) is 0. The van der Waals surface area contributed by atoms with Crippen molar-refractivity contribution < 1.29 is 4.79 Å². The van der Waals surface area contributed by atoms with E-state index in [0.29, 0.717) is 23.0 Å². The Morgan fingerprint density at radius 1 is 1.08 bits per heavy atom. The lowest BCUT2D eigenvalue weighted by Gasteiger charge is -2.04. The van der Waals surface area contributed by atoms with Crippen LogP contribution < -0.4 is 5.32 Å². The van der Waals surface area contributed by atoms with Gasteiger partial charge in [-0.1, -0.05) is 30.3 Å². The number of carbonyl (C=O) groups excluding carboxylic acids is 1. The van der Waals surface area contributed by atoms with Crippen molar-refractivity contribution in [2.75, 3.05) is 5.32 Å². The summed E-state index contributed by atoms with van der Waals surface area (Å²) >= 11 is 0. The van der Waals surface area contributed by atoms with Gasteiger partial charge in [0.05, 0.1) is 5.69 Å². The number of carbonyl (C=O) groups is 1. The van der Waals surface area contributed by atoms with Crippen molar-refractivity contribution in [2.45, 2.75) is 0 Å². The highest BCUT2D eigenvalue weighted by Crippen LogP contribution is 2.17. The maximum atomic E-state index is 12.4. The van der Waals surface area contributed by atoms with Crippen LogP contribution in [-0.4, -0.2) is 35.9 Å². The van der Waals surface area contributed by atoms with E-state index >= 15 is 0 Å². The first-order valence-corrected chi connectivity index (χ1v) is 7.54. The summed E-state index contributed by atoms with van der Waals surface area (Å²) in [5.74, 6) is 0.603. The summed E-state index contributed by atoms with van der Waals surface area (Å²) in [4.78, 5) is 20.6. The predicted molar refractivity (Wildman–Crippen MR) is 91.1 cm³/mol. The average molecular weight is 331 g/mol. The van der Waals surface area contributed by atoms with Gasteiger partial charge in [-0.05, 0) is 12.1 Å². The van der Waals surface area contributed by atoms with Crippen LogP contribution in [0.3, 0.4) is 0 Å². The van der Waals surface area contributed by atoms with Gasteiger partial charge in [-0.3, -0.25) is 9.89 Å². The van der Waals surface area contributed by atoms with Gasteiger partial charge in [0.15, 0.2) is 5.82 Å². The van der Waals surface area contributed by atoms with Gasteiger partial charge < -0.3 is 5.32 Å². The number of nitrogens with one attached hydrogen (secondary N) is 2. The number of aromatic nitrogens is 6. The van der Waals surface area contributed by atoms with Crippen molar-refractivity contribution in [3.05, 3.63) is 72.9 Å². The lowest BCUT2D eigenvalue weighted by Crippen LogP contribution is -2.14. The third-order valence-corrected chi connectivity index (χ3v) is 3.53. The van der Waals surface area contributed by atoms with Crippen LogP contribution in [0.4, 0.5) is 5.82 Å². The average Bonchev–Trinajstić information content (AvgIpc) is 3.35. The molecule has 0 atom stereocenters. The number of hydrogen-bond acceptors (Lipinski definition) is 5. The molecule has 0 fully saturated rings. The number of nitrogens with zero attached hydrogens (tertiary/aromatic N) is 5. The van der Waals surface area contributed by atoms with Crippen molar-refractivity contribution in [2.24, 2.45) is 0 Å². The molecule has 3 heterocycles. The van der Waals surface area contributed by atoms with Crippen molar-refractivity contribution >= 4 is 11.7 Å². The zero-order chi connectivity index (χ0) is 17.1. The second-order valence-electron chi connectivity index (χ2n) is 5.20. The highest BCUT2D eigenvalue weighted by atomic mass is 16.2. The third kappa shape index (κ3) is 3.13. The third-order valence-electron chi connectivity index (χ3n) is 3.53. The first kappa shape index (κ1) is 14.8. The van der Waals surface area contributed by atoms with Gasteiger partial charge in [-0.2, -0.15) is 10.2 Å². The van der Waals surface area contributed by atoms with E-state index in [4.69, 9.17) is 0 Å². The predicted octanol–water partition coefficient (Wildman–Crippen LogP) is 2.30. The summed E-state index contributed by atoms with van der Waals surface area (Å²) in [6.07, 6.45) is 4.78. The van der Waals surface area contributed by atoms with E-state index in [1.807, 2.05) is 30.3 Å². The highest BCUT2D eigenvalue weighted by molar-refractivity contribution is 6.03. The standard InChI is InChI=1S/C17H13N7O/c25-17(14-9-13(22-23-14)12-5-2-1-3-6-12)21-15-10-16(19-11-18-15)24-8-4-7-20-24/h1-11H,(H,22,23)(H,18,19,21,25). The van der Waals surface area contributed by atoms with Crippen LogP contribution in [0.2, 0.25) is 0 Å². The zero-order valence-electron chi connectivity index (χ0n) is 13.0. The van der Waals surface area contributed by atoms with Crippen LogP contribution in [0.1, 0.15) is 10.5 Å². The molecule has 0 saturated carbocycles. The van der Waals surface area contributed by atoms with Gasteiger partial charge in [0.1, 0.15) is 17.8 Å². The molecule has 1 amide bonds. The number of aromatic amines is 1. The summed E-state index contributed by atoms with van der Waals surface area (Å²) in [5.41, 5.74) is 1.98. The van der Waals surface area contributed by atoms with Crippen LogP contribution >= 0.6 is 0 Å². The quantitative estimate of drug-likeness (QED) is 0.597. The van der Waals surface area contributed by atoms with Gasteiger partial charge in [-0.15, -0.1) is 0 Å². The second kappa shape index (κ2) is 6.36. The summed E-state index contributed by atoms with van der Waals surface area (Å²) in [7, 11) is 0. The fourth-order valence-electron chi connectivity index (χ4n) is 2.32. The maximum absolute atomic E-state index is 12.4. The molecule has 25 heavy (non-hydrogen) atoms. The van der Waals surface area contributed by atoms with Crippen molar-refractivity contribution in [1.29, 1.82) is 0 Å². The van der Waals surface area contributed by atoms with E-state index in [0.717, 1.165) is 5.56 Å². The van der Waals surface area contributed by atoms with Gasteiger partial charge in [0.25, 0.3) is 5.91 Å². The molecule has 0 aliphatic heterocycles. The number of benzene rings is 1. The second-order valence-corrected chi connectivity index (χ2v) is 5.20. The molecule has 0 aliphatic carbocycles. The molecule has 0 unspecified atom stereocenters. The van der Waals surface area contributed by atoms with Crippen molar-refractivity contribution in [3.8, 4) is 17.1 Å². The van der Waals surface area contributed by atoms with Crippen LogP contribution in [0.15, 0.2) is 67.3 Å². The lowest BCUT2D eigenvalue weighted by molar-refractivity contribution is 0.102. The molecular formula is C17H13N7O. The highest BCUT2D eigenvalue weighted by Gasteiger charge is 2.12. The zero-order valence-corrected chi connectivity index (χ0v) is 13.0. The molecule has 4 aromatic rings. The molecule has 0 aliphatic rings. The van der Waals surface area contributed by atoms with Gasteiger partial charge in [0, 0.05) is 24.0 Å². The molecule has 1 aromatic carbocycles. The maximum Gasteiger partial charge on any atom is 0.274 e. The smallest absolute Gasteiger partial charge is 0.274 e. The Hall–Kier alpha value is -3.81. The lowest BCUT2D eigenvalue weighted by atomic mass is 10.1. The molecule has 4 rings (SSSR count). The monoisotopic (exact) mass is 331 g/mol. The Kier molecular flexibility index (Phi) is 3.76. The summed E-state index contributed by atoms with van der Waals surface area (Å²) < 4.78 is 1.58. The molecule has 8 heteroatoms. The normalized spacial score (nSPS) is 10.6. The summed E-state index contributed by atoms with van der Waals surface area (Å²) in [6.45, 7) is 0. The first-order chi connectivity index (χ1) is 12.3. The molecule has 8 nitrogen and oxygen atoms in total. The molecule has 0 spiro atoms. The molecule has 3 aromatic heterocycles. The van der Waals surface area contributed by atoms with E-state index in [1.54, 1.807) is 35.3 Å². The van der Waals surface area contributed by atoms with E-state index in [1.165, 1.54) is 6.33 Å². The Morgan fingerprint density at radius 2 is 1.96 bits per heavy atom. The van der Waals surface area contributed by atoms with E-state index in [-0.39, 0.29) is 5.91 Å². The SMILES string of the molecule is O=C(Nc1cc(-n2cccn2)ncn1)c1cc(-c2ccccc2)n[nH]1. The van der Waals surface area contributed by atoms with E-state index < -0.39 is 0 Å². The van der Waals surface area contributed by atoms with Gasteiger partial charge >= 0.3 is 0 Å². The topological polar surface area (TPSA) is 101 Å². The minimum absolute atomic E-state index is 0.334. The van der Waals surface area contributed by atoms with Crippen molar-refractivity contribution in [1.82, 2.24) is 29.9 Å². The summed E-state index contributed by atoms with van der Waals surface area (Å²) in [6, 6.07) is 14.7. The minimum atomic E-state index is -0.334. The molecule has 2 N–H and O–H groups in total. The molecule has 0 radical (unpaired) electrons. The summed E-state index contributed by atoms with van der Waals surface area (Å²) in [5, 5.41) is 13.7. The molecular weight excluding hydrogens is 318 g/mol. The first-order valence-electron chi connectivity index (χ1n) is 7.54. The van der Waals surface area contributed by atoms with Crippen molar-refractivity contribution in [3.63, 3.8) is 0 Å².